The van der Waals surface area contributed by atoms with Crippen LogP contribution in [0.2, 0.25) is 0 Å². The van der Waals surface area contributed by atoms with Crippen LogP contribution in [0.3, 0.4) is 0 Å². The molecule has 21 heavy (non-hydrogen) atoms. The van der Waals surface area contributed by atoms with Gasteiger partial charge in [0.2, 0.25) is 0 Å². The molecule has 0 aliphatic carbocycles. The van der Waals surface area contributed by atoms with Crippen LogP contribution in [0, 0.1) is 10.1 Å². The SMILES string of the molecule is O=C(NCC1(O)CCOCC1)c1cccc([N+](=O)[O-])c1Br. The van der Waals surface area contributed by atoms with E-state index in [-0.39, 0.29) is 22.3 Å². The van der Waals surface area contributed by atoms with Crippen LogP contribution >= 0.6 is 15.9 Å². The molecule has 7 nitrogen and oxygen atoms in total. The van der Waals surface area contributed by atoms with E-state index in [1.807, 2.05) is 0 Å². The first-order valence-electron chi connectivity index (χ1n) is 6.44. The third-order valence-electron chi connectivity index (χ3n) is 3.42. The van der Waals surface area contributed by atoms with Crippen molar-refractivity contribution in [1.82, 2.24) is 5.32 Å². The number of hydrogen-bond donors (Lipinski definition) is 2. The van der Waals surface area contributed by atoms with E-state index in [2.05, 4.69) is 21.2 Å². The van der Waals surface area contributed by atoms with Crippen LogP contribution in [0.15, 0.2) is 22.7 Å². The molecule has 0 saturated carbocycles. The van der Waals surface area contributed by atoms with Crippen molar-refractivity contribution < 1.29 is 19.6 Å². The molecule has 114 valence electrons. The predicted octanol–water partition coefficient (Wildman–Crippen LogP) is 1.63. The Balaban J connectivity index is 2.07. The minimum absolute atomic E-state index is 0.0876. The van der Waals surface area contributed by atoms with E-state index < -0.39 is 16.4 Å². The van der Waals surface area contributed by atoms with E-state index in [4.69, 9.17) is 4.74 Å². The molecule has 0 radical (unpaired) electrons. The largest absolute Gasteiger partial charge is 0.388 e. The predicted molar refractivity (Wildman–Crippen MR) is 78.1 cm³/mol. The van der Waals surface area contributed by atoms with Crippen LogP contribution in [0.5, 0.6) is 0 Å². The summed E-state index contributed by atoms with van der Waals surface area (Å²) < 4.78 is 5.29. The van der Waals surface area contributed by atoms with E-state index in [1.165, 1.54) is 18.2 Å². The van der Waals surface area contributed by atoms with Gasteiger partial charge in [0.05, 0.1) is 16.1 Å². The van der Waals surface area contributed by atoms with E-state index in [0.29, 0.717) is 26.1 Å². The van der Waals surface area contributed by atoms with Gasteiger partial charge in [-0.2, -0.15) is 0 Å². The molecule has 1 fully saturated rings. The number of benzene rings is 1. The number of aliphatic hydroxyl groups is 1. The first-order valence-corrected chi connectivity index (χ1v) is 7.23. The molecule has 8 heteroatoms. The summed E-state index contributed by atoms with van der Waals surface area (Å²) in [6.45, 7) is 0.990. The highest BCUT2D eigenvalue weighted by Crippen LogP contribution is 2.28. The lowest BCUT2D eigenvalue weighted by molar-refractivity contribution is -0.385. The van der Waals surface area contributed by atoms with Gasteiger partial charge >= 0.3 is 0 Å². The zero-order valence-electron chi connectivity index (χ0n) is 11.2. The molecule has 1 aliphatic heterocycles. The van der Waals surface area contributed by atoms with Crippen LogP contribution < -0.4 is 5.32 Å². The Morgan fingerprint density at radius 1 is 1.48 bits per heavy atom. The molecule has 1 amide bonds. The van der Waals surface area contributed by atoms with E-state index in [0.717, 1.165) is 0 Å². The summed E-state index contributed by atoms with van der Waals surface area (Å²) in [5.74, 6) is -0.467. The number of carbonyl (C=O) groups excluding carboxylic acids is 1. The lowest BCUT2D eigenvalue weighted by Gasteiger charge is -2.32. The van der Waals surface area contributed by atoms with Gasteiger partial charge in [0.25, 0.3) is 11.6 Å². The maximum atomic E-state index is 12.1. The van der Waals surface area contributed by atoms with Gasteiger partial charge in [-0.05, 0) is 22.0 Å². The van der Waals surface area contributed by atoms with Gasteiger partial charge in [0, 0.05) is 38.7 Å². The molecular weight excluding hydrogens is 344 g/mol. The van der Waals surface area contributed by atoms with Gasteiger partial charge in [0.15, 0.2) is 0 Å². The first-order chi connectivity index (χ1) is 9.93. The van der Waals surface area contributed by atoms with Crippen LogP contribution in [-0.4, -0.2) is 41.3 Å². The maximum absolute atomic E-state index is 12.1. The standard InChI is InChI=1S/C13H15BrN2O5/c14-11-9(2-1-3-10(11)16(19)20)12(17)15-8-13(18)4-6-21-7-5-13/h1-3,18H,4-8H2,(H,15,17). The zero-order valence-corrected chi connectivity index (χ0v) is 12.8. The van der Waals surface area contributed by atoms with Crippen molar-refractivity contribution >= 4 is 27.5 Å². The van der Waals surface area contributed by atoms with Crippen molar-refractivity contribution in [2.45, 2.75) is 18.4 Å². The van der Waals surface area contributed by atoms with Gasteiger partial charge in [-0.15, -0.1) is 0 Å². The zero-order chi connectivity index (χ0) is 15.5. The molecular formula is C13H15BrN2O5. The number of halogens is 1. The number of ether oxygens (including phenoxy) is 1. The average Bonchev–Trinajstić information content (AvgIpc) is 2.45. The van der Waals surface area contributed by atoms with Gasteiger partial charge in [-0.1, -0.05) is 6.07 Å². The second-order valence-corrected chi connectivity index (χ2v) is 5.71. The van der Waals surface area contributed by atoms with Crippen LogP contribution in [-0.2, 0) is 4.74 Å². The highest BCUT2D eigenvalue weighted by Gasteiger charge is 2.30. The molecule has 0 bridgehead atoms. The number of hydrogen-bond acceptors (Lipinski definition) is 5. The number of carbonyl (C=O) groups is 1. The van der Waals surface area contributed by atoms with Crippen LogP contribution in [0.1, 0.15) is 23.2 Å². The first kappa shape index (κ1) is 15.9. The van der Waals surface area contributed by atoms with Crippen LogP contribution in [0.4, 0.5) is 5.69 Å². The molecule has 1 aliphatic rings. The Morgan fingerprint density at radius 2 is 2.14 bits per heavy atom. The maximum Gasteiger partial charge on any atom is 0.284 e. The Labute approximate surface area is 129 Å². The number of nitro groups is 1. The molecule has 1 heterocycles. The van der Waals surface area contributed by atoms with E-state index in [9.17, 15) is 20.0 Å². The smallest absolute Gasteiger partial charge is 0.284 e. The second-order valence-electron chi connectivity index (χ2n) is 4.92. The van der Waals surface area contributed by atoms with Crippen LogP contribution in [0.25, 0.3) is 0 Å². The number of nitro benzene ring substituents is 1. The fraction of sp³-hybridized carbons (Fsp3) is 0.462. The van der Waals surface area contributed by atoms with Gasteiger partial charge < -0.3 is 15.2 Å². The average molecular weight is 359 g/mol. The highest BCUT2D eigenvalue weighted by molar-refractivity contribution is 9.10. The van der Waals surface area contributed by atoms with Gasteiger partial charge in [-0.25, -0.2) is 0 Å². The molecule has 0 aromatic heterocycles. The fourth-order valence-corrected chi connectivity index (χ4v) is 2.69. The third-order valence-corrected chi connectivity index (χ3v) is 4.25. The van der Waals surface area contributed by atoms with Crippen molar-refractivity contribution in [2.24, 2.45) is 0 Å². The summed E-state index contributed by atoms with van der Waals surface area (Å²) in [4.78, 5) is 22.4. The lowest BCUT2D eigenvalue weighted by atomic mass is 9.94. The summed E-state index contributed by atoms with van der Waals surface area (Å²) >= 11 is 3.08. The summed E-state index contributed by atoms with van der Waals surface area (Å²) in [6.07, 6.45) is 0.896. The Morgan fingerprint density at radius 3 is 2.76 bits per heavy atom. The minimum Gasteiger partial charge on any atom is -0.388 e. The van der Waals surface area contributed by atoms with Crippen molar-refractivity contribution in [3.63, 3.8) is 0 Å². The lowest BCUT2D eigenvalue weighted by Crippen LogP contribution is -2.46. The summed E-state index contributed by atoms with van der Waals surface area (Å²) in [6, 6.07) is 4.24. The Kier molecular flexibility index (Phi) is 4.92. The number of nitrogens with one attached hydrogen (secondary N) is 1. The number of rotatable bonds is 4. The fourth-order valence-electron chi connectivity index (χ4n) is 2.10. The topological polar surface area (TPSA) is 102 Å². The van der Waals surface area contributed by atoms with Crippen molar-refractivity contribution in [3.8, 4) is 0 Å². The molecule has 0 spiro atoms. The number of amides is 1. The summed E-state index contributed by atoms with van der Waals surface area (Å²) in [7, 11) is 0. The van der Waals surface area contributed by atoms with E-state index in [1.54, 1.807) is 0 Å². The van der Waals surface area contributed by atoms with Crippen molar-refractivity contribution in [3.05, 3.63) is 38.3 Å². The number of nitrogens with zero attached hydrogens (tertiary/aromatic N) is 1. The van der Waals surface area contributed by atoms with Gasteiger partial charge in [-0.3, -0.25) is 14.9 Å². The Hall–Kier alpha value is -1.51. The normalized spacial score (nSPS) is 17.2. The molecule has 2 rings (SSSR count). The summed E-state index contributed by atoms with van der Waals surface area (Å²) in [5.41, 5.74) is -0.992. The second kappa shape index (κ2) is 6.50. The molecule has 2 N–H and O–H groups in total. The molecule has 1 saturated heterocycles. The minimum atomic E-state index is -0.985. The molecule has 1 aromatic carbocycles. The summed E-state index contributed by atoms with van der Waals surface area (Å²) in [5, 5.41) is 23.7. The quantitative estimate of drug-likeness (QED) is 0.629. The monoisotopic (exact) mass is 358 g/mol. The Bertz CT molecular complexity index is 557. The van der Waals surface area contributed by atoms with Gasteiger partial charge in [0.1, 0.15) is 4.47 Å². The third kappa shape index (κ3) is 3.78. The highest BCUT2D eigenvalue weighted by atomic mass is 79.9. The molecule has 0 unspecified atom stereocenters. The van der Waals surface area contributed by atoms with E-state index >= 15 is 0 Å². The molecule has 1 aromatic rings. The van der Waals surface area contributed by atoms with Crippen molar-refractivity contribution in [2.75, 3.05) is 19.8 Å². The molecule has 0 atom stereocenters. The van der Waals surface area contributed by atoms with Crippen molar-refractivity contribution in [1.29, 1.82) is 0 Å².